The SMILES string of the molecule is Nc1nc2cc(F)c(Cl)cc2n1-c1cc(Br)ccc1Br. The van der Waals surface area contributed by atoms with Gasteiger partial charge < -0.3 is 5.73 Å². The van der Waals surface area contributed by atoms with Crippen LogP contribution in [0.2, 0.25) is 5.02 Å². The third-order valence-corrected chi connectivity index (χ3v) is 4.33. The number of nitrogens with zero attached hydrogens (tertiary/aromatic N) is 2. The molecule has 0 saturated carbocycles. The lowest BCUT2D eigenvalue weighted by Gasteiger charge is -2.09. The first-order valence-corrected chi connectivity index (χ1v) is 7.52. The summed E-state index contributed by atoms with van der Waals surface area (Å²) >= 11 is 12.7. The number of aromatic nitrogens is 2. The van der Waals surface area contributed by atoms with Gasteiger partial charge in [-0.2, -0.15) is 0 Å². The molecule has 0 unspecified atom stereocenters. The lowest BCUT2D eigenvalue weighted by atomic mass is 10.2. The largest absolute Gasteiger partial charge is 0.369 e. The molecule has 0 spiro atoms. The highest BCUT2D eigenvalue weighted by molar-refractivity contribution is 9.11. The third kappa shape index (κ3) is 2.21. The van der Waals surface area contributed by atoms with Gasteiger partial charge in [0.25, 0.3) is 0 Å². The zero-order chi connectivity index (χ0) is 14.4. The van der Waals surface area contributed by atoms with Gasteiger partial charge in [-0.3, -0.25) is 4.57 Å². The number of hydrogen-bond acceptors (Lipinski definition) is 2. The standard InChI is InChI=1S/C13H7Br2ClFN3/c14-6-1-2-7(15)11(3-6)20-12-4-8(16)9(17)5-10(12)19-13(20)18/h1-5H,(H2,18,19). The van der Waals surface area contributed by atoms with Gasteiger partial charge in [-0.05, 0) is 40.2 Å². The normalized spacial score (nSPS) is 11.2. The van der Waals surface area contributed by atoms with E-state index in [4.69, 9.17) is 17.3 Å². The molecule has 0 radical (unpaired) electrons. The van der Waals surface area contributed by atoms with E-state index < -0.39 is 5.82 Å². The Balaban J connectivity index is 2.38. The van der Waals surface area contributed by atoms with Gasteiger partial charge in [0, 0.05) is 15.0 Å². The van der Waals surface area contributed by atoms with Crippen molar-refractivity contribution in [2.45, 2.75) is 0 Å². The maximum atomic E-state index is 13.5. The van der Waals surface area contributed by atoms with Crippen molar-refractivity contribution < 1.29 is 4.39 Å². The third-order valence-electron chi connectivity index (χ3n) is 2.87. The zero-order valence-corrected chi connectivity index (χ0v) is 13.8. The molecule has 0 aliphatic rings. The molecule has 1 aromatic heterocycles. The molecule has 3 rings (SSSR count). The van der Waals surface area contributed by atoms with Crippen molar-refractivity contribution in [3.05, 3.63) is 50.1 Å². The molecular formula is C13H7Br2ClFN3. The van der Waals surface area contributed by atoms with Gasteiger partial charge in [-0.25, -0.2) is 9.37 Å². The second kappa shape index (κ2) is 5.02. The van der Waals surface area contributed by atoms with Crippen molar-refractivity contribution in [2.24, 2.45) is 0 Å². The van der Waals surface area contributed by atoms with Crippen molar-refractivity contribution in [3.8, 4) is 5.69 Å². The van der Waals surface area contributed by atoms with Gasteiger partial charge >= 0.3 is 0 Å². The van der Waals surface area contributed by atoms with Crippen molar-refractivity contribution >= 4 is 60.4 Å². The molecule has 0 amide bonds. The molecule has 3 nitrogen and oxygen atoms in total. The molecule has 20 heavy (non-hydrogen) atoms. The maximum Gasteiger partial charge on any atom is 0.205 e. The van der Waals surface area contributed by atoms with Crippen LogP contribution in [0.5, 0.6) is 0 Å². The summed E-state index contributed by atoms with van der Waals surface area (Å²) in [7, 11) is 0. The fraction of sp³-hybridized carbons (Fsp3) is 0. The summed E-state index contributed by atoms with van der Waals surface area (Å²) in [6, 6.07) is 8.46. The molecule has 0 atom stereocenters. The summed E-state index contributed by atoms with van der Waals surface area (Å²) in [4.78, 5) is 4.17. The van der Waals surface area contributed by atoms with Crippen LogP contribution in [0.15, 0.2) is 39.3 Å². The summed E-state index contributed by atoms with van der Waals surface area (Å²) in [6.45, 7) is 0. The molecule has 0 aliphatic carbocycles. The molecule has 0 bridgehead atoms. The van der Waals surface area contributed by atoms with Crippen LogP contribution in [0.1, 0.15) is 0 Å². The highest BCUT2D eigenvalue weighted by Crippen LogP contribution is 2.32. The Bertz CT molecular complexity index is 832. The Hall–Kier alpha value is -1.11. The number of rotatable bonds is 1. The van der Waals surface area contributed by atoms with Gasteiger partial charge in [-0.1, -0.05) is 27.5 Å². The number of benzene rings is 2. The van der Waals surface area contributed by atoms with Crippen LogP contribution >= 0.6 is 43.5 Å². The van der Waals surface area contributed by atoms with Gasteiger partial charge in [-0.15, -0.1) is 0 Å². The minimum atomic E-state index is -0.517. The molecule has 3 aromatic rings. The van der Waals surface area contributed by atoms with Crippen molar-refractivity contribution in [3.63, 3.8) is 0 Å². The zero-order valence-electron chi connectivity index (χ0n) is 9.87. The summed E-state index contributed by atoms with van der Waals surface area (Å²) < 4.78 is 16.9. The molecule has 2 N–H and O–H groups in total. The van der Waals surface area contributed by atoms with Crippen LogP contribution in [0.3, 0.4) is 0 Å². The van der Waals surface area contributed by atoms with Gasteiger partial charge in [0.1, 0.15) is 5.82 Å². The van der Waals surface area contributed by atoms with Crippen molar-refractivity contribution in [1.82, 2.24) is 9.55 Å². The van der Waals surface area contributed by atoms with Crippen molar-refractivity contribution in [2.75, 3.05) is 5.73 Å². The second-order valence-corrected chi connectivity index (χ2v) is 6.33. The van der Waals surface area contributed by atoms with E-state index in [2.05, 4.69) is 36.8 Å². The quantitative estimate of drug-likeness (QED) is 0.608. The number of fused-ring (bicyclic) bond motifs is 1. The first-order valence-electron chi connectivity index (χ1n) is 5.56. The minimum absolute atomic E-state index is 0.0322. The van der Waals surface area contributed by atoms with Crippen LogP contribution in [-0.2, 0) is 0 Å². The smallest absolute Gasteiger partial charge is 0.205 e. The first kappa shape index (κ1) is 13.9. The molecule has 0 aliphatic heterocycles. The topological polar surface area (TPSA) is 43.8 Å². The van der Waals surface area contributed by atoms with E-state index in [0.717, 1.165) is 14.6 Å². The predicted molar refractivity (Wildman–Crippen MR) is 85.9 cm³/mol. The van der Waals surface area contributed by atoms with E-state index in [-0.39, 0.29) is 11.0 Å². The second-order valence-electron chi connectivity index (χ2n) is 4.16. The highest BCUT2D eigenvalue weighted by atomic mass is 79.9. The number of anilines is 1. The molecule has 0 saturated heterocycles. The minimum Gasteiger partial charge on any atom is -0.369 e. The predicted octanol–water partition coefficient (Wildman–Crippen LogP) is 4.93. The Morgan fingerprint density at radius 1 is 1.20 bits per heavy atom. The number of nitrogen functional groups attached to an aromatic ring is 1. The Kier molecular flexibility index (Phi) is 3.48. The molecule has 0 fully saturated rings. The Morgan fingerprint density at radius 2 is 1.95 bits per heavy atom. The van der Waals surface area contributed by atoms with E-state index in [1.54, 1.807) is 4.57 Å². The van der Waals surface area contributed by atoms with E-state index in [1.165, 1.54) is 12.1 Å². The maximum absolute atomic E-state index is 13.5. The first-order chi connectivity index (χ1) is 9.47. The van der Waals surface area contributed by atoms with Crippen LogP contribution in [-0.4, -0.2) is 9.55 Å². The van der Waals surface area contributed by atoms with Gasteiger partial charge in [0.05, 0.1) is 21.7 Å². The molecular weight excluding hydrogens is 412 g/mol. The van der Waals surface area contributed by atoms with Crippen LogP contribution in [0.4, 0.5) is 10.3 Å². The molecule has 2 aromatic carbocycles. The molecule has 1 heterocycles. The summed E-state index contributed by atoms with van der Waals surface area (Å²) in [6.07, 6.45) is 0. The summed E-state index contributed by atoms with van der Waals surface area (Å²) in [5.74, 6) is -0.252. The average Bonchev–Trinajstić information content (AvgIpc) is 2.69. The number of nitrogens with two attached hydrogens (primary N) is 1. The number of hydrogen-bond donors (Lipinski definition) is 1. The fourth-order valence-electron chi connectivity index (χ4n) is 2.00. The lowest BCUT2D eigenvalue weighted by molar-refractivity contribution is 0.630. The average molecular weight is 419 g/mol. The van der Waals surface area contributed by atoms with E-state index >= 15 is 0 Å². The van der Waals surface area contributed by atoms with E-state index in [9.17, 15) is 4.39 Å². The number of halogens is 4. The van der Waals surface area contributed by atoms with Crippen LogP contribution in [0.25, 0.3) is 16.7 Å². The molecule has 7 heteroatoms. The Morgan fingerprint density at radius 3 is 2.70 bits per heavy atom. The number of imidazole rings is 1. The van der Waals surface area contributed by atoms with E-state index in [1.807, 2.05) is 18.2 Å². The Labute approximate surface area is 135 Å². The monoisotopic (exact) mass is 417 g/mol. The fourth-order valence-corrected chi connectivity index (χ4v) is 2.93. The molecule has 102 valence electrons. The lowest BCUT2D eigenvalue weighted by Crippen LogP contribution is -2.01. The summed E-state index contributed by atoms with van der Waals surface area (Å²) in [5.41, 5.74) is 7.85. The van der Waals surface area contributed by atoms with Crippen LogP contribution < -0.4 is 5.73 Å². The van der Waals surface area contributed by atoms with Crippen molar-refractivity contribution in [1.29, 1.82) is 0 Å². The van der Waals surface area contributed by atoms with E-state index in [0.29, 0.717) is 11.0 Å². The summed E-state index contributed by atoms with van der Waals surface area (Å²) in [5, 5.41) is 0.0322. The van der Waals surface area contributed by atoms with Gasteiger partial charge in [0.15, 0.2) is 0 Å². The van der Waals surface area contributed by atoms with Crippen LogP contribution in [0, 0.1) is 5.82 Å². The van der Waals surface area contributed by atoms with Gasteiger partial charge in [0.2, 0.25) is 5.95 Å². The highest BCUT2D eigenvalue weighted by Gasteiger charge is 2.15.